The molecule has 0 aromatic carbocycles. The number of nitrogens with one attached hydrogen (secondary N) is 2. The largest absolute Gasteiger partial charge is 0.443 e. The summed E-state index contributed by atoms with van der Waals surface area (Å²) in [5.41, 5.74) is 3.13. The molecule has 9 heteroatoms. The maximum atomic E-state index is 12.3. The number of hydrogen-bond acceptors (Lipinski definition) is 7. The predicted octanol–water partition coefficient (Wildman–Crippen LogP) is 2.41. The Kier molecular flexibility index (Phi) is 4.44. The van der Waals surface area contributed by atoms with Gasteiger partial charge in [-0.05, 0) is 33.6 Å². The molecule has 1 aliphatic carbocycles. The molecular formula is C16H21N7O2. The van der Waals surface area contributed by atoms with Crippen LogP contribution >= 0.6 is 0 Å². The van der Waals surface area contributed by atoms with Crippen LogP contribution in [0.5, 0.6) is 0 Å². The normalized spacial score (nSPS) is 15.1. The monoisotopic (exact) mass is 343 g/mol. The Morgan fingerprint density at radius 2 is 2.12 bits per heavy atom. The molecule has 2 heterocycles. The number of ether oxygens (including phenoxy) is 1. The van der Waals surface area contributed by atoms with Gasteiger partial charge in [-0.2, -0.15) is 15.2 Å². The second-order valence-corrected chi connectivity index (χ2v) is 7.00. The van der Waals surface area contributed by atoms with Crippen molar-refractivity contribution in [1.82, 2.24) is 25.4 Å². The first-order valence-electron chi connectivity index (χ1n) is 8.27. The fourth-order valence-corrected chi connectivity index (χ4v) is 2.92. The number of fused-ring (bicyclic) bond motifs is 1. The lowest BCUT2D eigenvalue weighted by Crippen LogP contribution is -2.50. The molecule has 0 aliphatic heterocycles. The van der Waals surface area contributed by atoms with Crippen LogP contribution in [0, 0.1) is 11.3 Å². The summed E-state index contributed by atoms with van der Waals surface area (Å²) < 4.78 is 5.37. The molecule has 1 aliphatic rings. The minimum atomic E-state index is -0.615. The van der Waals surface area contributed by atoms with Crippen molar-refractivity contribution in [2.24, 2.45) is 0 Å². The van der Waals surface area contributed by atoms with Gasteiger partial charge in [0.2, 0.25) is 5.82 Å². The number of nitrogens with zero attached hydrogens (tertiary/aromatic N) is 5. The van der Waals surface area contributed by atoms with Crippen LogP contribution in [0.1, 0.15) is 52.3 Å². The third-order valence-corrected chi connectivity index (χ3v) is 3.89. The molecule has 2 N–H and O–H groups in total. The van der Waals surface area contributed by atoms with Gasteiger partial charge in [-0.15, -0.1) is 0 Å². The van der Waals surface area contributed by atoms with Gasteiger partial charge >= 0.3 is 6.09 Å². The molecule has 9 nitrogen and oxygen atoms in total. The highest BCUT2D eigenvalue weighted by atomic mass is 16.6. The van der Waals surface area contributed by atoms with Crippen LogP contribution in [0.3, 0.4) is 0 Å². The van der Waals surface area contributed by atoms with E-state index >= 15 is 0 Å². The number of nitriles is 1. The van der Waals surface area contributed by atoms with Gasteiger partial charge < -0.3 is 9.72 Å². The molecule has 0 spiro atoms. The van der Waals surface area contributed by atoms with Gasteiger partial charge in [0.05, 0.1) is 12.4 Å². The molecule has 0 unspecified atom stereocenters. The molecule has 1 amide bonds. The van der Waals surface area contributed by atoms with E-state index in [0.29, 0.717) is 17.0 Å². The fourth-order valence-electron chi connectivity index (χ4n) is 2.92. The topological polar surface area (TPSA) is 120 Å². The Morgan fingerprint density at radius 3 is 2.76 bits per heavy atom. The lowest BCUT2D eigenvalue weighted by molar-refractivity contribution is 0.0514. The fraction of sp³-hybridized carbons (Fsp3) is 0.562. The number of aromatic nitrogens is 4. The standard InChI is InChI=1S/C16H21N7O2/c1-16(2,3)25-15(24)22-23(10-6-4-5-7-10)14-12-13(19-9-18-12)20-11(8-17)21-14/h9-10H,4-7H2,1-3H3,(H,22,24)(H,18,19,20,21). The summed E-state index contributed by atoms with van der Waals surface area (Å²) in [7, 11) is 0. The molecule has 2 aromatic rings. The summed E-state index contributed by atoms with van der Waals surface area (Å²) in [4.78, 5) is 27.8. The number of aromatic amines is 1. The molecule has 0 bridgehead atoms. The molecule has 25 heavy (non-hydrogen) atoms. The van der Waals surface area contributed by atoms with Crippen molar-refractivity contribution >= 4 is 23.1 Å². The number of rotatable bonds is 3. The van der Waals surface area contributed by atoms with Crippen LogP contribution in [0.4, 0.5) is 10.6 Å². The number of carbonyl (C=O) groups is 1. The molecule has 132 valence electrons. The van der Waals surface area contributed by atoms with E-state index in [2.05, 4.69) is 25.4 Å². The maximum absolute atomic E-state index is 12.3. The van der Waals surface area contributed by atoms with Crippen molar-refractivity contribution in [2.45, 2.75) is 58.1 Å². The third-order valence-electron chi connectivity index (χ3n) is 3.89. The van der Waals surface area contributed by atoms with Crippen molar-refractivity contribution in [1.29, 1.82) is 5.26 Å². The molecule has 0 radical (unpaired) electrons. The van der Waals surface area contributed by atoms with Crippen molar-refractivity contribution in [2.75, 3.05) is 5.01 Å². The predicted molar refractivity (Wildman–Crippen MR) is 90.5 cm³/mol. The second kappa shape index (κ2) is 6.55. The van der Waals surface area contributed by atoms with Crippen LogP contribution in [-0.4, -0.2) is 37.7 Å². The maximum Gasteiger partial charge on any atom is 0.426 e. The number of anilines is 1. The zero-order valence-electron chi connectivity index (χ0n) is 14.5. The number of hydrogen-bond donors (Lipinski definition) is 2. The summed E-state index contributed by atoms with van der Waals surface area (Å²) >= 11 is 0. The highest BCUT2D eigenvalue weighted by Crippen LogP contribution is 2.29. The molecule has 1 fully saturated rings. The van der Waals surface area contributed by atoms with Crippen molar-refractivity contribution in [3.05, 3.63) is 12.2 Å². The van der Waals surface area contributed by atoms with Gasteiger partial charge in [-0.25, -0.2) is 15.2 Å². The summed E-state index contributed by atoms with van der Waals surface area (Å²) in [6.45, 7) is 5.41. The average molecular weight is 343 g/mol. The van der Waals surface area contributed by atoms with Crippen LogP contribution in [-0.2, 0) is 4.74 Å². The lowest BCUT2D eigenvalue weighted by atomic mass is 10.2. The Labute approximate surface area is 145 Å². The van der Waals surface area contributed by atoms with E-state index in [9.17, 15) is 10.1 Å². The van der Waals surface area contributed by atoms with Gasteiger partial charge in [-0.1, -0.05) is 12.8 Å². The lowest BCUT2D eigenvalue weighted by Gasteiger charge is -2.31. The summed E-state index contributed by atoms with van der Waals surface area (Å²) in [5, 5.41) is 10.9. The third kappa shape index (κ3) is 3.79. The van der Waals surface area contributed by atoms with E-state index in [1.807, 2.05) is 6.07 Å². The van der Waals surface area contributed by atoms with Crippen molar-refractivity contribution in [3.63, 3.8) is 0 Å². The van der Waals surface area contributed by atoms with Gasteiger partial charge in [0, 0.05) is 0 Å². The molecular weight excluding hydrogens is 322 g/mol. The van der Waals surface area contributed by atoms with Crippen LogP contribution < -0.4 is 10.4 Å². The quantitative estimate of drug-likeness (QED) is 0.821. The highest BCUT2D eigenvalue weighted by molar-refractivity contribution is 5.84. The van der Waals surface area contributed by atoms with Gasteiger partial charge in [0.15, 0.2) is 17.0 Å². The number of H-pyrrole nitrogens is 1. The molecule has 1 saturated carbocycles. The van der Waals surface area contributed by atoms with Gasteiger partial charge in [0.1, 0.15) is 11.7 Å². The smallest absolute Gasteiger partial charge is 0.426 e. The Balaban J connectivity index is 1.99. The molecule has 0 saturated heterocycles. The van der Waals surface area contributed by atoms with Crippen LogP contribution in [0.15, 0.2) is 6.33 Å². The Hall–Kier alpha value is -2.89. The van der Waals surface area contributed by atoms with E-state index in [1.54, 1.807) is 25.8 Å². The van der Waals surface area contributed by atoms with E-state index in [1.165, 1.54) is 6.33 Å². The zero-order chi connectivity index (χ0) is 18.0. The van der Waals surface area contributed by atoms with Crippen molar-refractivity contribution < 1.29 is 9.53 Å². The molecule has 0 atom stereocenters. The average Bonchev–Trinajstić information content (AvgIpc) is 3.21. The highest BCUT2D eigenvalue weighted by Gasteiger charge is 2.30. The number of imidazole rings is 1. The first-order chi connectivity index (χ1) is 11.9. The zero-order valence-corrected chi connectivity index (χ0v) is 14.5. The number of hydrazine groups is 1. The Morgan fingerprint density at radius 1 is 1.40 bits per heavy atom. The van der Waals surface area contributed by atoms with E-state index in [4.69, 9.17) is 4.74 Å². The van der Waals surface area contributed by atoms with Crippen molar-refractivity contribution in [3.8, 4) is 6.07 Å². The number of carbonyl (C=O) groups excluding carboxylic acids is 1. The van der Waals surface area contributed by atoms with E-state index in [0.717, 1.165) is 25.7 Å². The molecule has 2 aromatic heterocycles. The van der Waals surface area contributed by atoms with E-state index < -0.39 is 11.7 Å². The minimum absolute atomic E-state index is 0.0146. The number of amides is 1. The minimum Gasteiger partial charge on any atom is -0.443 e. The van der Waals surface area contributed by atoms with Gasteiger partial charge in [0.25, 0.3) is 0 Å². The van der Waals surface area contributed by atoms with Crippen LogP contribution in [0.2, 0.25) is 0 Å². The summed E-state index contributed by atoms with van der Waals surface area (Å²) in [5.74, 6) is 0.418. The van der Waals surface area contributed by atoms with Crippen LogP contribution in [0.25, 0.3) is 11.2 Å². The SMILES string of the molecule is CC(C)(C)OC(=O)NN(c1nc(C#N)nc2[nH]cnc12)C1CCCC1. The second-order valence-electron chi connectivity index (χ2n) is 7.00. The van der Waals surface area contributed by atoms with E-state index in [-0.39, 0.29) is 11.9 Å². The first kappa shape index (κ1) is 17.0. The van der Waals surface area contributed by atoms with Gasteiger partial charge in [-0.3, -0.25) is 5.01 Å². The summed E-state index contributed by atoms with van der Waals surface area (Å²) in [6, 6.07) is 2.01. The Bertz CT molecular complexity index is 812. The summed E-state index contributed by atoms with van der Waals surface area (Å²) in [6.07, 6.45) is 4.87. The first-order valence-corrected chi connectivity index (χ1v) is 8.27. The molecule has 3 rings (SSSR count).